The molecule has 3 rings (SSSR count). The zero-order valence-corrected chi connectivity index (χ0v) is 9.00. The third-order valence-electron chi connectivity index (χ3n) is 2.55. The van der Waals surface area contributed by atoms with E-state index in [1.807, 2.05) is 0 Å². The molecule has 6 heteroatoms. The molecule has 0 radical (unpaired) electrons. The zero-order chi connectivity index (χ0) is 12.7. The normalized spacial score (nSPS) is 11.0. The standard InChI is InChI=1S/C12H7F2N3O/c13-7-4-8(14)11-9(5-7)16-12(17-11)6-1-2-15-10(18)3-6/h1-5H,(H,15,18)(H,16,17). The van der Waals surface area contributed by atoms with E-state index in [4.69, 9.17) is 0 Å². The lowest BCUT2D eigenvalue weighted by Gasteiger charge is -1.93. The van der Waals surface area contributed by atoms with E-state index in [0.29, 0.717) is 11.4 Å². The van der Waals surface area contributed by atoms with E-state index in [1.54, 1.807) is 6.07 Å². The molecule has 1 aromatic carbocycles. The van der Waals surface area contributed by atoms with E-state index in [1.165, 1.54) is 12.3 Å². The van der Waals surface area contributed by atoms with Crippen LogP contribution in [0, 0.1) is 11.6 Å². The maximum absolute atomic E-state index is 13.5. The van der Waals surface area contributed by atoms with Crippen molar-refractivity contribution >= 4 is 11.0 Å². The number of H-pyrrole nitrogens is 2. The molecule has 0 fully saturated rings. The second kappa shape index (κ2) is 3.76. The summed E-state index contributed by atoms with van der Waals surface area (Å²) in [5.41, 5.74) is 0.517. The summed E-state index contributed by atoms with van der Waals surface area (Å²) in [6.07, 6.45) is 1.46. The van der Waals surface area contributed by atoms with Crippen LogP contribution in [0.4, 0.5) is 8.78 Å². The predicted octanol–water partition coefficient (Wildman–Crippen LogP) is 2.20. The van der Waals surface area contributed by atoms with Crippen molar-refractivity contribution in [2.45, 2.75) is 0 Å². The molecule has 0 aliphatic rings. The number of fused-ring (bicyclic) bond motifs is 1. The number of benzene rings is 1. The summed E-state index contributed by atoms with van der Waals surface area (Å²) < 4.78 is 26.5. The van der Waals surface area contributed by atoms with Crippen LogP contribution in [0.1, 0.15) is 0 Å². The van der Waals surface area contributed by atoms with Crippen molar-refractivity contribution in [3.63, 3.8) is 0 Å². The van der Waals surface area contributed by atoms with E-state index in [2.05, 4.69) is 15.0 Å². The van der Waals surface area contributed by atoms with Crippen molar-refractivity contribution in [1.82, 2.24) is 15.0 Å². The van der Waals surface area contributed by atoms with Crippen molar-refractivity contribution in [1.29, 1.82) is 0 Å². The average Bonchev–Trinajstić information content (AvgIpc) is 2.73. The molecule has 0 bridgehead atoms. The van der Waals surface area contributed by atoms with Crippen molar-refractivity contribution in [3.05, 3.63) is 52.5 Å². The molecule has 90 valence electrons. The Kier molecular flexibility index (Phi) is 2.22. The van der Waals surface area contributed by atoms with E-state index in [-0.39, 0.29) is 16.6 Å². The first-order valence-electron chi connectivity index (χ1n) is 5.17. The van der Waals surface area contributed by atoms with Gasteiger partial charge in [0.2, 0.25) is 5.56 Å². The van der Waals surface area contributed by atoms with Gasteiger partial charge < -0.3 is 9.97 Å². The van der Waals surface area contributed by atoms with Crippen LogP contribution >= 0.6 is 0 Å². The first-order valence-corrected chi connectivity index (χ1v) is 5.17. The smallest absolute Gasteiger partial charge is 0.248 e. The summed E-state index contributed by atoms with van der Waals surface area (Å²) >= 11 is 0. The fourth-order valence-electron chi connectivity index (χ4n) is 1.77. The van der Waals surface area contributed by atoms with E-state index in [0.717, 1.165) is 12.1 Å². The number of pyridine rings is 1. The number of halogens is 2. The number of aromatic amines is 2. The number of rotatable bonds is 1. The molecule has 0 saturated heterocycles. The molecule has 2 aromatic heterocycles. The van der Waals surface area contributed by atoms with Crippen molar-refractivity contribution in [3.8, 4) is 11.4 Å². The van der Waals surface area contributed by atoms with Gasteiger partial charge in [0.15, 0.2) is 5.82 Å². The molecule has 0 spiro atoms. The SMILES string of the molecule is O=c1cc(-c2nc3c(F)cc(F)cc3[nH]2)cc[nH]1. The van der Waals surface area contributed by atoms with Crippen LogP contribution in [-0.4, -0.2) is 15.0 Å². The van der Waals surface area contributed by atoms with Crippen molar-refractivity contribution in [2.75, 3.05) is 0 Å². The minimum atomic E-state index is -0.739. The second-order valence-electron chi connectivity index (χ2n) is 3.81. The van der Waals surface area contributed by atoms with Crippen LogP contribution in [0.3, 0.4) is 0 Å². The minimum Gasteiger partial charge on any atom is -0.338 e. The van der Waals surface area contributed by atoms with Gasteiger partial charge in [-0.15, -0.1) is 0 Å². The molecule has 4 nitrogen and oxygen atoms in total. The Morgan fingerprint density at radius 3 is 2.78 bits per heavy atom. The highest BCUT2D eigenvalue weighted by atomic mass is 19.1. The highest BCUT2D eigenvalue weighted by Gasteiger charge is 2.11. The minimum absolute atomic E-state index is 0.0479. The van der Waals surface area contributed by atoms with Gasteiger partial charge in [-0.25, -0.2) is 13.8 Å². The first-order chi connectivity index (χ1) is 8.63. The summed E-state index contributed by atoms with van der Waals surface area (Å²) in [4.78, 5) is 20.4. The second-order valence-corrected chi connectivity index (χ2v) is 3.81. The molecule has 0 unspecified atom stereocenters. The lowest BCUT2D eigenvalue weighted by atomic mass is 10.2. The van der Waals surface area contributed by atoms with E-state index in [9.17, 15) is 13.6 Å². The quantitative estimate of drug-likeness (QED) is 0.692. The Morgan fingerprint density at radius 2 is 2.00 bits per heavy atom. The maximum atomic E-state index is 13.5. The van der Waals surface area contributed by atoms with Gasteiger partial charge in [0.25, 0.3) is 0 Å². The predicted molar refractivity (Wildman–Crippen MR) is 62.1 cm³/mol. The van der Waals surface area contributed by atoms with E-state index < -0.39 is 11.6 Å². The Morgan fingerprint density at radius 1 is 1.17 bits per heavy atom. The molecule has 2 heterocycles. The first kappa shape index (κ1) is 10.6. The van der Waals surface area contributed by atoms with Gasteiger partial charge in [0.05, 0.1) is 5.52 Å². The van der Waals surface area contributed by atoms with Gasteiger partial charge in [-0.2, -0.15) is 0 Å². The largest absolute Gasteiger partial charge is 0.338 e. The highest BCUT2D eigenvalue weighted by Crippen LogP contribution is 2.22. The number of aromatic nitrogens is 3. The fraction of sp³-hybridized carbons (Fsp3) is 0. The molecular weight excluding hydrogens is 240 g/mol. The van der Waals surface area contributed by atoms with Crippen LogP contribution in [-0.2, 0) is 0 Å². The Balaban J connectivity index is 2.25. The number of hydrogen-bond donors (Lipinski definition) is 2. The zero-order valence-electron chi connectivity index (χ0n) is 9.00. The molecule has 0 amide bonds. The molecule has 2 N–H and O–H groups in total. The van der Waals surface area contributed by atoms with Crippen molar-refractivity contribution < 1.29 is 8.78 Å². The van der Waals surface area contributed by atoms with Crippen molar-refractivity contribution in [2.24, 2.45) is 0 Å². The van der Waals surface area contributed by atoms with Crippen LogP contribution in [0.5, 0.6) is 0 Å². The molecule has 0 aliphatic carbocycles. The fourth-order valence-corrected chi connectivity index (χ4v) is 1.77. The summed E-state index contributed by atoms with van der Waals surface area (Å²) in [7, 11) is 0. The molecular formula is C12H7F2N3O. The molecule has 18 heavy (non-hydrogen) atoms. The Bertz CT molecular complexity index is 791. The van der Waals surface area contributed by atoms with Gasteiger partial charge in [-0.3, -0.25) is 4.79 Å². The molecule has 0 aliphatic heterocycles. The van der Waals surface area contributed by atoms with Gasteiger partial charge >= 0.3 is 0 Å². The highest BCUT2D eigenvalue weighted by molar-refractivity contribution is 5.79. The molecule has 0 atom stereocenters. The van der Waals surface area contributed by atoms with Crippen LogP contribution in [0.25, 0.3) is 22.4 Å². The summed E-state index contributed by atoms with van der Waals surface area (Å²) in [5, 5.41) is 0. The van der Waals surface area contributed by atoms with Gasteiger partial charge in [-0.1, -0.05) is 0 Å². The number of nitrogens with one attached hydrogen (secondary N) is 2. The summed E-state index contributed by atoms with van der Waals surface area (Å²) in [6, 6.07) is 4.87. The summed E-state index contributed by atoms with van der Waals surface area (Å²) in [6.45, 7) is 0. The van der Waals surface area contributed by atoms with Gasteiger partial charge in [-0.05, 0) is 12.1 Å². The van der Waals surface area contributed by atoms with E-state index >= 15 is 0 Å². The third-order valence-corrected chi connectivity index (χ3v) is 2.55. The number of nitrogens with zero attached hydrogens (tertiary/aromatic N) is 1. The third kappa shape index (κ3) is 1.67. The average molecular weight is 247 g/mol. The Labute approximate surface area is 99.3 Å². The molecule has 0 saturated carbocycles. The topological polar surface area (TPSA) is 61.5 Å². The van der Waals surface area contributed by atoms with Crippen LogP contribution in [0.15, 0.2) is 35.3 Å². The van der Waals surface area contributed by atoms with Gasteiger partial charge in [0, 0.05) is 23.9 Å². The van der Waals surface area contributed by atoms with Gasteiger partial charge in [0.1, 0.15) is 17.2 Å². The maximum Gasteiger partial charge on any atom is 0.248 e. The summed E-state index contributed by atoms with van der Waals surface area (Å²) in [5.74, 6) is -1.10. The number of imidazole rings is 1. The van der Waals surface area contributed by atoms with Crippen LogP contribution < -0.4 is 5.56 Å². The Hall–Kier alpha value is -2.50. The van der Waals surface area contributed by atoms with Crippen LogP contribution in [0.2, 0.25) is 0 Å². The lowest BCUT2D eigenvalue weighted by Crippen LogP contribution is -2.02. The monoisotopic (exact) mass is 247 g/mol. The lowest BCUT2D eigenvalue weighted by molar-refractivity contribution is 0.591. The number of hydrogen-bond acceptors (Lipinski definition) is 2. The molecule has 3 aromatic rings.